The molecule has 0 aromatic heterocycles. The molecule has 0 spiro atoms. The van der Waals surface area contributed by atoms with Crippen LogP contribution in [0.4, 0.5) is 11.4 Å². The first-order valence-corrected chi connectivity index (χ1v) is 13.5. The summed E-state index contributed by atoms with van der Waals surface area (Å²) >= 11 is 0. The number of fused-ring (bicyclic) bond motifs is 1. The van der Waals surface area contributed by atoms with Gasteiger partial charge in [-0.1, -0.05) is 48.6 Å². The van der Waals surface area contributed by atoms with Crippen LogP contribution in [0.15, 0.2) is 48.5 Å². The molecule has 0 unspecified atom stereocenters. The molecule has 196 valence electrons. The van der Waals surface area contributed by atoms with Crippen LogP contribution in [0, 0.1) is 41.5 Å². The molecule has 0 amide bonds. The van der Waals surface area contributed by atoms with Gasteiger partial charge in [-0.05, 0) is 132 Å². The predicted octanol–water partition coefficient (Wildman–Crippen LogP) is 9.16. The summed E-state index contributed by atoms with van der Waals surface area (Å²) < 4.78 is 0. The fraction of sp³-hybridized carbons (Fsp3) is 0.278. The Morgan fingerprint density at radius 2 is 0.711 bits per heavy atom. The van der Waals surface area contributed by atoms with E-state index in [1.807, 2.05) is 0 Å². The van der Waals surface area contributed by atoms with Crippen LogP contribution in [-0.4, -0.2) is 28.2 Å². The molecule has 4 rings (SSSR count). The molecule has 0 fully saturated rings. The Labute approximate surface area is 229 Å². The van der Waals surface area contributed by atoms with Gasteiger partial charge in [0.15, 0.2) is 0 Å². The Balaban J connectivity index is 1.79. The lowest BCUT2D eigenvalue weighted by Gasteiger charge is -2.22. The van der Waals surface area contributed by atoms with Crippen LogP contribution in [0.3, 0.4) is 0 Å². The molecule has 0 bridgehead atoms. The molecule has 2 heteroatoms. The van der Waals surface area contributed by atoms with E-state index in [0.29, 0.717) is 0 Å². The van der Waals surface area contributed by atoms with E-state index in [1.165, 1.54) is 77.8 Å². The van der Waals surface area contributed by atoms with Gasteiger partial charge in [0.2, 0.25) is 0 Å². The topological polar surface area (TPSA) is 6.48 Å². The first-order chi connectivity index (χ1) is 18.0. The van der Waals surface area contributed by atoms with Gasteiger partial charge in [0.1, 0.15) is 0 Å². The third-order valence-electron chi connectivity index (χ3n) is 8.19. The summed E-state index contributed by atoms with van der Waals surface area (Å²) in [6, 6.07) is 17.5. The molecule has 4 aromatic carbocycles. The largest absolute Gasteiger partial charge is 0.378 e. The van der Waals surface area contributed by atoms with E-state index in [2.05, 4.69) is 152 Å². The minimum atomic E-state index is 1.22. The SMILES string of the molecule is Cc1c(/C=C\c2ccc(N(C)C)cc2)c(C)c2c(C)c(C)c(/C=C\c3ccc(N(C)C)cc3)c(C)c2c1C. The Hall–Kier alpha value is -3.78. The van der Waals surface area contributed by atoms with Crippen molar-refractivity contribution in [2.24, 2.45) is 0 Å². The standard InChI is InChI=1S/C36H42N2/c1-23-25(3)35-28(6)34(22-16-30-13-19-32(20-14-30)38(9)10)24(2)26(4)36(35)27(5)33(23)21-15-29-11-17-31(18-12-29)37(7)8/h11-22H,1-10H3/b21-15-,22-16-. The van der Waals surface area contributed by atoms with Crippen LogP contribution in [0.25, 0.3) is 35.1 Å². The zero-order chi connectivity index (χ0) is 27.7. The lowest BCUT2D eigenvalue weighted by atomic mass is 9.82. The maximum absolute atomic E-state index is 2.30. The second kappa shape index (κ2) is 10.9. The monoisotopic (exact) mass is 502 g/mol. The predicted molar refractivity (Wildman–Crippen MR) is 172 cm³/mol. The zero-order valence-electron chi connectivity index (χ0n) is 24.8. The van der Waals surface area contributed by atoms with Gasteiger partial charge in [-0.3, -0.25) is 0 Å². The molecule has 0 aliphatic carbocycles. The molecule has 38 heavy (non-hydrogen) atoms. The summed E-state index contributed by atoms with van der Waals surface area (Å²) in [5, 5.41) is 2.80. The van der Waals surface area contributed by atoms with Crippen molar-refractivity contribution in [1.82, 2.24) is 0 Å². The Kier molecular flexibility index (Phi) is 7.83. The number of nitrogens with zero attached hydrogens (tertiary/aromatic N) is 2. The molecular weight excluding hydrogens is 460 g/mol. The summed E-state index contributed by atoms with van der Waals surface area (Å²) in [6.07, 6.45) is 9.09. The van der Waals surface area contributed by atoms with Crippen molar-refractivity contribution in [2.45, 2.75) is 41.5 Å². The third kappa shape index (κ3) is 5.13. The molecule has 0 N–H and O–H groups in total. The number of aryl methyl sites for hydroxylation is 4. The lowest BCUT2D eigenvalue weighted by Crippen LogP contribution is -2.07. The molecule has 4 aromatic rings. The highest BCUT2D eigenvalue weighted by Crippen LogP contribution is 2.39. The van der Waals surface area contributed by atoms with Gasteiger partial charge < -0.3 is 9.80 Å². The summed E-state index contributed by atoms with van der Waals surface area (Å²) in [7, 11) is 8.30. The van der Waals surface area contributed by atoms with Gasteiger partial charge in [0.05, 0.1) is 0 Å². The van der Waals surface area contributed by atoms with Crippen LogP contribution < -0.4 is 9.80 Å². The second-order valence-corrected chi connectivity index (χ2v) is 11.0. The van der Waals surface area contributed by atoms with Crippen LogP contribution in [0.1, 0.15) is 55.6 Å². The summed E-state index contributed by atoms with van der Waals surface area (Å²) in [5.41, 5.74) is 15.7. The number of hydrogen-bond acceptors (Lipinski definition) is 2. The van der Waals surface area contributed by atoms with E-state index in [0.717, 1.165) is 0 Å². The second-order valence-electron chi connectivity index (χ2n) is 11.0. The fourth-order valence-electron chi connectivity index (χ4n) is 5.55. The van der Waals surface area contributed by atoms with Gasteiger partial charge >= 0.3 is 0 Å². The highest BCUT2D eigenvalue weighted by Gasteiger charge is 2.18. The fourth-order valence-corrected chi connectivity index (χ4v) is 5.55. The lowest BCUT2D eigenvalue weighted by molar-refractivity contribution is 1.13. The van der Waals surface area contributed by atoms with Crippen molar-refractivity contribution < 1.29 is 0 Å². The van der Waals surface area contributed by atoms with Crippen molar-refractivity contribution in [3.8, 4) is 0 Å². The Morgan fingerprint density at radius 3 is 1.00 bits per heavy atom. The van der Waals surface area contributed by atoms with E-state index < -0.39 is 0 Å². The van der Waals surface area contributed by atoms with E-state index in [1.54, 1.807) is 0 Å². The average molecular weight is 503 g/mol. The first kappa shape index (κ1) is 27.3. The van der Waals surface area contributed by atoms with Gasteiger partial charge in [-0.2, -0.15) is 0 Å². The van der Waals surface area contributed by atoms with Crippen LogP contribution in [-0.2, 0) is 0 Å². The quantitative estimate of drug-likeness (QED) is 0.243. The number of benzene rings is 4. The highest BCUT2D eigenvalue weighted by molar-refractivity contribution is 6.01. The molecule has 2 nitrogen and oxygen atoms in total. The van der Waals surface area contributed by atoms with Crippen molar-refractivity contribution in [2.75, 3.05) is 38.0 Å². The van der Waals surface area contributed by atoms with Crippen molar-refractivity contribution in [1.29, 1.82) is 0 Å². The summed E-state index contributed by atoms with van der Waals surface area (Å²) in [4.78, 5) is 4.26. The van der Waals surface area contributed by atoms with E-state index >= 15 is 0 Å². The molecule has 0 saturated carbocycles. The van der Waals surface area contributed by atoms with Crippen LogP contribution in [0.5, 0.6) is 0 Å². The molecule has 0 aliphatic rings. The zero-order valence-corrected chi connectivity index (χ0v) is 24.8. The first-order valence-electron chi connectivity index (χ1n) is 13.5. The maximum atomic E-state index is 2.30. The Bertz CT molecular complexity index is 1410. The number of rotatable bonds is 6. The third-order valence-corrected chi connectivity index (χ3v) is 8.19. The van der Waals surface area contributed by atoms with E-state index in [9.17, 15) is 0 Å². The maximum Gasteiger partial charge on any atom is 0.0361 e. The van der Waals surface area contributed by atoms with Crippen molar-refractivity contribution >= 4 is 46.5 Å². The number of hydrogen-bond donors (Lipinski definition) is 0. The molecule has 0 atom stereocenters. The average Bonchev–Trinajstić information content (AvgIpc) is 2.89. The minimum absolute atomic E-state index is 1.22. The number of anilines is 2. The summed E-state index contributed by atoms with van der Waals surface area (Å²) in [5.74, 6) is 0. The molecule has 0 heterocycles. The smallest absolute Gasteiger partial charge is 0.0361 e. The molecule has 0 aliphatic heterocycles. The van der Waals surface area contributed by atoms with Gasteiger partial charge in [-0.15, -0.1) is 0 Å². The van der Waals surface area contributed by atoms with Crippen molar-refractivity contribution in [3.05, 3.63) is 104 Å². The van der Waals surface area contributed by atoms with Gasteiger partial charge in [-0.25, -0.2) is 0 Å². The van der Waals surface area contributed by atoms with E-state index in [-0.39, 0.29) is 0 Å². The highest BCUT2D eigenvalue weighted by atomic mass is 15.1. The van der Waals surface area contributed by atoms with Crippen LogP contribution in [0.2, 0.25) is 0 Å². The van der Waals surface area contributed by atoms with Crippen LogP contribution >= 0.6 is 0 Å². The minimum Gasteiger partial charge on any atom is -0.378 e. The van der Waals surface area contributed by atoms with Gasteiger partial charge in [0.25, 0.3) is 0 Å². The van der Waals surface area contributed by atoms with Gasteiger partial charge in [0, 0.05) is 39.6 Å². The normalized spacial score (nSPS) is 11.7. The van der Waals surface area contributed by atoms with E-state index in [4.69, 9.17) is 0 Å². The summed E-state index contributed by atoms with van der Waals surface area (Å²) in [6.45, 7) is 13.7. The molecular formula is C36H42N2. The molecule has 0 saturated heterocycles. The Morgan fingerprint density at radius 1 is 0.395 bits per heavy atom. The van der Waals surface area contributed by atoms with Crippen molar-refractivity contribution in [3.63, 3.8) is 0 Å². The molecule has 0 radical (unpaired) electrons.